The van der Waals surface area contributed by atoms with E-state index in [1.807, 2.05) is 4.90 Å². The molecule has 72 valence electrons. The second-order valence-electron chi connectivity index (χ2n) is 1.97. The topological polar surface area (TPSA) is 40.5 Å². The molecule has 0 aromatic carbocycles. The molecule has 0 aromatic heterocycles. The highest BCUT2D eigenvalue weighted by atomic mass is 32.1. The summed E-state index contributed by atoms with van der Waals surface area (Å²) in [5.41, 5.74) is 0. The van der Waals surface area contributed by atoms with Crippen LogP contribution in [0.15, 0.2) is 0 Å². The number of rotatable bonds is 2. The van der Waals surface area contributed by atoms with Gasteiger partial charge in [0.1, 0.15) is 4.32 Å². The average molecular weight is 209 g/mol. The second kappa shape index (κ2) is 8.80. The van der Waals surface area contributed by atoms with E-state index in [9.17, 15) is 0 Å². The number of carbonyl (C=O) groups is 1. The minimum Gasteiger partial charge on any atom is -0.481 e. The van der Waals surface area contributed by atoms with Crippen molar-refractivity contribution in [3.8, 4) is 0 Å². The van der Waals surface area contributed by atoms with Gasteiger partial charge in [0, 0.05) is 20.0 Å². The first-order valence-corrected chi connectivity index (χ1v) is 4.48. The standard InChI is InChI=1S/C5H11NS2.C2H4O2/c1-3-6(4-2)5(7)8;1-2(3)4/h3-4H2,1-2H3,(H,7,8);1H3,(H,3,4). The molecule has 0 fully saturated rings. The summed E-state index contributed by atoms with van der Waals surface area (Å²) in [7, 11) is 0. The van der Waals surface area contributed by atoms with Gasteiger partial charge in [0.15, 0.2) is 0 Å². The third-order valence-corrected chi connectivity index (χ3v) is 1.58. The average Bonchev–Trinajstić information content (AvgIpc) is 1.87. The first-order chi connectivity index (χ1) is 5.45. The summed E-state index contributed by atoms with van der Waals surface area (Å²) < 4.78 is 0.690. The zero-order valence-corrected chi connectivity index (χ0v) is 9.28. The predicted octanol–water partition coefficient (Wildman–Crippen LogP) is 1.63. The van der Waals surface area contributed by atoms with Crippen LogP contribution in [0.2, 0.25) is 0 Å². The van der Waals surface area contributed by atoms with Gasteiger partial charge in [0.05, 0.1) is 0 Å². The van der Waals surface area contributed by atoms with Gasteiger partial charge in [-0.15, -0.1) is 12.6 Å². The summed E-state index contributed by atoms with van der Waals surface area (Å²) in [4.78, 5) is 11.0. The maximum Gasteiger partial charge on any atom is 0.300 e. The molecule has 0 radical (unpaired) electrons. The van der Waals surface area contributed by atoms with Gasteiger partial charge in [0.25, 0.3) is 5.97 Å². The lowest BCUT2D eigenvalue weighted by Crippen LogP contribution is -2.24. The van der Waals surface area contributed by atoms with Gasteiger partial charge >= 0.3 is 0 Å². The smallest absolute Gasteiger partial charge is 0.300 e. The van der Waals surface area contributed by atoms with Crippen LogP contribution < -0.4 is 0 Å². The van der Waals surface area contributed by atoms with Gasteiger partial charge in [-0.1, -0.05) is 12.2 Å². The van der Waals surface area contributed by atoms with E-state index in [0.717, 1.165) is 20.0 Å². The molecular weight excluding hydrogens is 194 g/mol. The van der Waals surface area contributed by atoms with E-state index in [4.69, 9.17) is 22.1 Å². The number of hydrogen-bond donors (Lipinski definition) is 2. The predicted molar refractivity (Wildman–Crippen MR) is 57.8 cm³/mol. The maximum absolute atomic E-state index is 9.00. The van der Waals surface area contributed by atoms with E-state index >= 15 is 0 Å². The number of thiocarbonyl (C=S) groups is 1. The Morgan fingerprint density at radius 2 is 1.75 bits per heavy atom. The Hall–Kier alpha value is -0.290. The molecule has 0 unspecified atom stereocenters. The summed E-state index contributed by atoms with van der Waals surface area (Å²) in [5.74, 6) is -0.833. The van der Waals surface area contributed by atoms with E-state index in [1.165, 1.54) is 0 Å². The normalized spacial score (nSPS) is 8.00. The Morgan fingerprint density at radius 3 is 1.75 bits per heavy atom. The zero-order chi connectivity index (χ0) is 10.1. The Kier molecular flexibility index (Phi) is 10.5. The molecule has 1 N–H and O–H groups in total. The lowest BCUT2D eigenvalue weighted by Gasteiger charge is -2.16. The van der Waals surface area contributed by atoms with E-state index < -0.39 is 5.97 Å². The van der Waals surface area contributed by atoms with Crippen molar-refractivity contribution >= 4 is 35.1 Å². The molecule has 0 aliphatic rings. The number of aliphatic carboxylic acids is 1. The van der Waals surface area contributed by atoms with Crippen LogP contribution in [-0.2, 0) is 4.79 Å². The molecule has 0 amide bonds. The van der Waals surface area contributed by atoms with Crippen LogP contribution in [0.25, 0.3) is 0 Å². The van der Waals surface area contributed by atoms with E-state index in [2.05, 4.69) is 26.5 Å². The third-order valence-electron chi connectivity index (χ3n) is 1.03. The molecule has 0 spiro atoms. The summed E-state index contributed by atoms with van der Waals surface area (Å²) in [6.45, 7) is 7.12. The number of carboxylic acids is 1. The van der Waals surface area contributed by atoms with E-state index in [0.29, 0.717) is 4.32 Å². The van der Waals surface area contributed by atoms with Crippen LogP contribution in [0.3, 0.4) is 0 Å². The summed E-state index contributed by atoms with van der Waals surface area (Å²) in [5, 5.41) is 7.42. The van der Waals surface area contributed by atoms with Gasteiger partial charge < -0.3 is 10.0 Å². The Labute approximate surface area is 84.2 Å². The molecule has 0 aromatic rings. The van der Waals surface area contributed by atoms with E-state index in [1.54, 1.807) is 0 Å². The van der Waals surface area contributed by atoms with Gasteiger partial charge in [0.2, 0.25) is 0 Å². The van der Waals surface area contributed by atoms with Crippen molar-refractivity contribution in [1.82, 2.24) is 4.90 Å². The maximum atomic E-state index is 9.00. The molecule has 0 saturated heterocycles. The Balaban J connectivity index is 0. The minimum atomic E-state index is -0.833. The quantitative estimate of drug-likeness (QED) is 0.536. The third kappa shape index (κ3) is 12.4. The highest BCUT2D eigenvalue weighted by Gasteiger charge is 1.96. The zero-order valence-electron chi connectivity index (χ0n) is 7.57. The number of hydrogen-bond acceptors (Lipinski definition) is 2. The number of carboxylic acid groups (broad SMARTS) is 1. The van der Waals surface area contributed by atoms with Crippen LogP contribution in [0.1, 0.15) is 20.8 Å². The van der Waals surface area contributed by atoms with Crippen molar-refractivity contribution in [2.45, 2.75) is 20.8 Å². The molecule has 12 heavy (non-hydrogen) atoms. The highest BCUT2D eigenvalue weighted by Crippen LogP contribution is 1.93. The molecule has 0 atom stereocenters. The minimum absolute atomic E-state index is 0.690. The van der Waals surface area contributed by atoms with Crippen LogP contribution in [0.4, 0.5) is 0 Å². The second-order valence-corrected chi connectivity index (χ2v) is 3.09. The van der Waals surface area contributed by atoms with Gasteiger partial charge in [-0.25, -0.2) is 0 Å². The van der Waals surface area contributed by atoms with Gasteiger partial charge in [-0.3, -0.25) is 4.79 Å². The number of nitrogens with zero attached hydrogens (tertiary/aromatic N) is 1. The van der Waals surface area contributed by atoms with Crippen LogP contribution in [0.5, 0.6) is 0 Å². The number of thiol groups is 1. The fraction of sp³-hybridized carbons (Fsp3) is 0.714. The summed E-state index contributed by atoms with van der Waals surface area (Å²) >= 11 is 8.82. The first kappa shape index (κ1) is 14.2. The SMILES string of the molecule is CC(=O)O.CCN(CC)C(=S)S. The van der Waals surface area contributed by atoms with Crippen molar-refractivity contribution in [1.29, 1.82) is 0 Å². The Bertz CT molecular complexity index is 142. The molecule has 5 heteroatoms. The molecule has 0 aliphatic carbocycles. The first-order valence-electron chi connectivity index (χ1n) is 3.63. The van der Waals surface area contributed by atoms with Gasteiger partial charge in [-0.2, -0.15) is 0 Å². The molecule has 0 heterocycles. The lowest BCUT2D eigenvalue weighted by molar-refractivity contribution is -0.134. The van der Waals surface area contributed by atoms with Crippen molar-refractivity contribution in [2.75, 3.05) is 13.1 Å². The van der Waals surface area contributed by atoms with Crippen LogP contribution in [0, 0.1) is 0 Å². The van der Waals surface area contributed by atoms with Gasteiger partial charge in [-0.05, 0) is 13.8 Å². The Morgan fingerprint density at radius 1 is 1.50 bits per heavy atom. The highest BCUT2D eigenvalue weighted by molar-refractivity contribution is 8.10. The molecular formula is C7H15NO2S2. The molecule has 3 nitrogen and oxygen atoms in total. The van der Waals surface area contributed by atoms with Crippen LogP contribution >= 0.6 is 24.8 Å². The fourth-order valence-electron chi connectivity index (χ4n) is 0.494. The molecule has 0 rings (SSSR count). The van der Waals surface area contributed by atoms with Crippen LogP contribution in [-0.4, -0.2) is 33.4 Å². The molecule has 0 bridgehead atoms. The van der Waals surface area contributed by atoms with Crippen molar-refractivity contribution in [3.05, 3.63) is 0 Å². The molecule has 0 saturated carbocycles. The fourth-order valence-corrected chi connectivity index (χ4v) is 1.04. The van der Waals surface area contributed by atoms with E-state index in [-0.39, 0.29) is 0 Å². The largest absolute Gasteiger partial charge is 0.481 e. The van der Waals surface area contributed by atoms with Crippen molar-refractivity contribution in [3.63, 3.8) is 0 Å². The molecule has 0 aliphatic heterocycles. The summed E-state index contributed by atoms with van der Waals surface area (Å²) in [6.07, 6.45) is 0. The summed E-state index contributed by atoms with van der Waals surface area (Å²) in [6, 6.07) is 0. The monoisotopic (exact) mass is 209 g/mol. The van der Waals surface area contributed by atoms with Crippen molar-refractivity contribution in [2.24, 2.45) is 0 Å². The lowest BCUT2D eigenvalue weighted by atomic mass is 10.6. The van der Waals surface area contributed by atoms with Crippen molar-refractivity contribution < 1.29 is 9.90 Å².